The van der Waals surface area contributed by atoms with Gasteiger partial charge in [0.2, 0.25) is 4.77 Å². The topological polar surface area (TPSA) is 55.7 Å². The van der Waals surface area contributed by atoms with E-state index in [9.17, 15) is 0 Å². The summed E-state index contributed by atoms with van der Waals surface area (Å²) in [6.45, 7) is 2.62. The Kier molecular flexibility index (Phi) is 3.04. The second-order valence-electron chi connectivity index (χ2n) is 4.52. The molecule has 0 aliphatic heterocycles. The average Bonchev–Trinajstić information content (AvgIpc) is 2.76. The van der Waals surface area contributed by atoms with E-state index in [0.29, 0.717) is 11.4 Å². The number of hydrogen-bond donors (Lipinski definition) is 1. The maximum Gasteiger partial charge on any atom is 0.222 e. The summed E-state index contributed by atoms with van der Waals surface area (Å²) in [5.41, 5.74) is 2.77. The van der Waals surface area contributed by atoms with Crippen LogP contribution in [-0.4, -0.2) is 33.5 Å². The summed E-state index contributed by atoms with van der Waals surface area (Å²) >= 11 is 5.29. The van der Waals surface area contributed by atoms with Crippen molar-refractivity contribution in [3.63, 3.8) is 0 Å². The van der Waals surface area contributed by atoms with Gasteiger partial charge in [0.05, 0.1) is 12.6 Å². The molecule has 0 fully saturated rings. The van der Waals surface area contributed by atoms with Crippen molar-refractivity contribution in [2.45, 2.75) is 13.0 Å². The summed E-state index contributed by atoms with van der Waals surface area (Å²) in [5.74, 6) is 0. The van der Waals surface area contributed by atoms with Crippen LogP contribution in [0.4, 0.5) is 0 Å². The van der Waals surface area contributed by atoms with Crippen LogP contribution in [0.5, 0.6) is 0 Å². The molecule has 3 aromatic rings. The number of nitrogens with zero attached hydrogens (tertiary/aromatic N) is 3. The molecule has 1 atom stereocenters. The Balaban J connectivity index is 2.36. The molecule has 19 heavy (non-hydrogen) atoms. The number of rotatable bonds is 3. The second-order valence-corrected chi connectivity index (χ2v) is 4.89. The van der Waals surface area contributed by atoms with Crippen LogP contribution in [0, 0.1) is 4.77 Å². The van der Waals surface area contributed by atoms with Gasteiger partial charge in [-0.1, -0.05) is 18.2 Å². The molecule has 2 aromatic heterocycles. The molecule has 0 spiro atoms. The van der Waals surface area contributed by atoms with Crippen LogP contribution >= 0.6 is 12.2 Å². The minimum absolute atomic E-state index is 0.101. The molecular formula is C13H14N4OS. The van der Waals surface area contributed by atoms with Crippen molar-refractivity contribution in [2.75, 3.05) is 13.7 Å². The minimum Gasteiger partial charge on any atom is -0.383 e. The van der Waals surface area contributed by atoms with Crippen molar-refractivity contribution in [3.8, 4) is 0 Å². The van der Waals surface area contributed by atoms with Gasteiger partial charge in [0.15, 0.2) is 0 Å². The zero-order valence-corrected chi connectivity index (χ0v) is 11.6. The van der Waals surface area contributed by atoms with E-state index in [4.69, 9.17) is 17.0 Å². The van der Waals surface area contributed by atoms with Crippen molar-refractivity contribution >= 4 is 34.3 Å². The Morgan fingerprint density at radius 2 is 2.16 bits per heavy atom. The lowest BCUT2D eigenvalue weighted by Gasteiger charge is -2.15. The Hall–Kier alpha value is -1.79. The van der Waals surface area contributed by atoms with Crippen LogP contribution in [-0.2, 0) is 4.74 Å². The maximum atomic E-state index is 5.29. The van der Waals surface area contributed by atoms with Gasteiger partial charge in [-0.25, -0.2) is 0 Å². The fraction of sp³-hybridized carbons (Fsp3) is 0.308. The smallest absolute Gasteiger partial charge is 0.222 e. The highest BCUT2D eigenvalue weighted by molar-refractivity contribution is 7.71. The lowest BCUT2D eigenvalue weighted by Crippen LogP contribution is -2.15. The Morgan fingerprint density at radius 1 is 1.37 bits per heavy atom. The molecule has 1 aromatic carbocycles. The van der Waals surface area contributed by atoms with Crippen LogP contribution in [0.1, 0.15) is 13.0 Å². The second kappa shape index (κ2) is 4.71. The first-order chi connectivity index (χ1) is 9.22. The van der Waals surface area contributed by atoms with Gasteiger partial charge in [0.25, 0.3) is 0 Å². The first kappa shape index (κ1) is 12.3. The first-order valence-corrected chi connectivity index (χ1v) is 6.47. The Labute approximate surface area is 115 Å². The molecule has 0 amide bonds. The van der Waals surface area contributed by atoms with Gasteiger partial charge in [0.1, 0.15) is 11.2 Å². The van der Waals surface area contributed by atoms with Crippen LogP contribution in [0.25, 0.3) is 22.1 Å². The highest BCUT2D eigenvalue weighted by Crippen LogP contribution is 2.24. The van der Waals surface area contributed by atoms with Crippen molar-refractivity contribution in [3.05, 3.63) is 29.0 Å². The van der Waals surface area contributed by atoms with Crippen molar-refractivity contribution in [2.24, 2.45) is 0 Å². The molecule has 98 valence electrons. The molecule has 0 bridgehead atoms. The fourth-order valence-electron chi connectivity index (χ4n) is 2.35. The van der Waals surface area contributed by atoms with E-state index >= 15 is 0 Å². The number of hydrogen-bond acceptors (Lipinski definition) is 4. The van der Waals surface area contributed by atoms with Crippen LogP contribution in [0.3, 0.4) is 0 Å². The zero-order valence-electron chi connectivity index (χ0n) is 10.8. The van der Waals surface area contributed by atoms with E-state index in [-0.39, 0.29) is 6.04 Å². The standard InChI is InChI=1S/C13H14N4OS/c1-8(7-18-2)17-12-11(15-16-13(17)19)9-5-3-4-6-10(9)14-12/h3-6,8,14H,7H2,1-2H3. The monoisotopic (exact) mass is 274 g/mol. The van der Waals surface area contributed by atoms with Crippen LogP contribution < -0.4 is 0 Å². The van der Waals surface area contributed by atoms with Gasteiger partial charge < -0.3 is 9.72 Å². The number of nitrogens with one attached hydrogen (secondary N) is 1. The number of ether oxygens (including phenoxy) is 1. The van der Waals surface area contributed by atoms with Gasteiger partial charge in [-0.05, 0) is 25.2 Å². The summed E-state index contributed by atoms with van der Waals surface area (Å²) in [6, 6.07) is 8.12. The molecule has 0 saturated carbocycles. The molecular weight excluding hydrogens is 260 g/mol. The SMILES string of the molecule is COCC(C)n1c(=S)nnc2c3ccccc3[nH]c21. The average molecular weight is 274 g/mol. The third kappa shape index (κ3) is 1.93. The molecule has 0 saturated heterocycles. The molecule has 0 aliphatic carbocycles. The van der Waals surface area contributed by atoms with E-state index in [1.165, 1.54) is 0 Å². The normalized spacial score (nSPS) is 13.2. The summed E-state index contributed by atoms with van der Waals surface area (Å²) in [4.78, 5) is 3.36. The zero-order chi connectivity index (χ0) is 13.4. The maximum absolute atomic E-state index is 5.29. The molecule has 1 unspecified atom stereocenters. The van der Waals surface area contributed by atoms with E-state index < -0.39 is 0 Å². The fourth-order valence-corrected chi connectivity index (χ4v) is 2.66. The van der Waals surface area contributed by atoms with Crippen LogP contribution in [0.2, 0.25) is 0 Å². The summed E-state index contributed by atoms with van der Waals surface area (Å²) in [6.07, 6.45) is 0. The molecule has 0 aliphatic rings. The van der Waals surface area contributed by atoms with Crippen molar-refractivity contribution < 1.29 is 4.74 Å². The van der Waals surface area contributed by atoms with E-state index in [0.717, 1.165) is 22.1 Å². The van der Waals surface area contributed by atoms with E-state index in [2.05, 4.69) is 15.2 Å². The quantitative estimate of drug-likeness (QED) is 0.746. The molecule has 0 radical (unpaired) electrons. The number of methoxy groups -OCH3 is 1. The van der Waals surface area contributed by atoms with E-state index in [1.54, 1.807) is 7.11 Å². The molecule has 2 heterocycles. The first-order valence-electron chi connectivity index (χ1n) is 6.07. The summed E-state index contributed by atoms with van der Waals surface area (Å²) < 4.78 is 7.63. The molecule has 5 nitrogen and oxygen atoms in total. The molecule has 3 rings (SSSR count). The predicted octanol–water partition coefficient (Wildman–Crippen LogP) is 2.85. The number of para-hydroxylation sites is 1. The third-order valence-corrected chi connectivity index (χ3v) is 3.47. The largest absolute Gasteiger partial charge is 0.383 e. The predicted molar refractivity (Wildman–Crippen MR) is 76.8 cm³/mol. The summed E-state index contributed by atoms with van der Waals surface area (Å²) in [5, 5.41) is 9.36. The number of aromatic amines is 1. The minimum atomic E-state index is 0.101. The highest BCUT2D eigenvalue weighted by atomic mass is 32.1. The molecule has 1 N–H and O–H groups in total. The Bertz CT molecular complexity index is 792. The summed E-state index contributed by atoms with van der Waals surface area (Å²) in [7, 11) is 1.68. The van der Waals surface area contributed by atoms with Gasteiger partial charge in [0, 0.05) is 18.0 Å². The highest BCUT2D eigenvalue weighted by Gasteiger charge is 2.14. The number of benzene rings is 1. The van der Waals surface area contributed by atoms with Gasteiger partial charge >= 0.3 is 0 Å². The van der Waals surface area contributed by atoms with Gasteiger partial charge in [-0.3, -0.25) is 4.57 Å². The lowest BCUT2D eigenvalue weighted by atomic mass is 10.2. The Morgan fingerprint density at radius 3 is 2.95 bits per heavy atom. The number of fused-ring (bicyclic) bond motifs is 3. The van der Waals surface area contributed by atoms with Crippen molar-refractivity contribution in [1.82, 2.24) is 19.7 Å². The lowest BCUT2D eigenvalue weighted by molar-refractivity contribution is 0.162. The van der Waals surface area contributed by atoms with Crippen molar-refractivity contribution in [1.29, 1.82) is 0 Å². The van der Waals surface area contributed by atoms with E-state index in [1.807, 2.05) is 35.8 Å². The third-order valence-electron chi connectivity index (χ3n) is 3.19. The number of H-pyrrole nitrogens is 1. The number of aromatic nitrogens is 4. The van der Waals surface area contributed by atoms with Crippen LogP contribution in [0.15, 0.2) is 24.3 Å². The van der Waals surface area contributed by atoms with Gasteiger partial charge in [-0.2, -0.15) is 0 Å². The molecule has 6 heteroatoms. The van der Waals surface area contributed by atoms with Gasteiger partial charge in [-0.15, -0.1) is 10.2 Å².